The topological polar surface area (TPSA) is 108 Å². The van der Waals surface area contributed by atoms with Crippen molar-refractivity contribution in [3.05, 3.63) is 81.0 Å². The van der Waals surface area contributed by atoms with Crippen LogP contribution in [0.3, 0.4) is 0 Å². The molecule has 2 aromatic carbocycles. The van der Waals surface area contributed by atoms with Gasteiger partial charge in [0.05, 0.1) is 17.6 Å². The van der Waals surface area contributed by atoms with Crippen molar-refractivity contribution in [2.24, 2.45) is 4.99 Å². The number of esters is 2. The van der Waals surface area contributed by atoms with Gasteiger partial charge in [0.25, 0.3) is 5.69 Å². The fourth-order valence-electron chi connectivity index (χ4n) is 2.28. The summed E-state index contributed by atoms with van der Waals surface area (Å²) in [6.07, 6.45) is 1.49. The lowest BCUT2D eigenvalue weighted by Gasteiger charge is -1.99. The van der Waals surface area contributed by atoms with E-state index in [1.807, 2.05) is 0 Å². The van der Waals surface area contributed by atoms with E-state index in [1.54, 1.807) is 30.3 Å². The molecule has 0 N–H and O–H groups in total. The first-order valence-corrected chi connectivity index (χ1v) is 7.43. The molecule has 0 radical (unpaired) electrons. The summed E-state index contributed by atoms with van der Waals surface area (Å²) in [5.74, 6) is -1.13. The average molecular weight is 352 g/mol. The Kier molecular flexibility index (Phi) is 4.57. The van der Waals surface area contributed by atoms with Crippen LogP contribution in [0, 0.1) is 10.1 Å². The molecule has 0 atom stereocenters. The highest BCUT2D eigenvalue weighted by Gasteiger charge is 2.25. The highest BCUT2D eigenvalue weighted by atomic mass is 16.6. The Morgan fingerprint density at radius 3 is 2.62 bits per heavy atom. The van der Waals surface area contributed by atoms with Crippen LogP contribution in [-0.4, -0.2) is 29.9 Å². The zero-order valence-electron chi connectivity index (χ0n) is 13.5. The third-order valence-corrected chi connectivity index (χ3v) is 3.56. The molecule has 0 saturated heterocycles. The first kappa shape index (κ1) is 17.0. The van der Waals surface area contributed by atoms with Gasteiger partial charge in [-0.15, -0.1) is 0 Å². The zero-order chi connectivity index (χ0) is 18.7. The van der Waals surface area contributed by atoms with E-state index in [4.69, 9.17) is 4.74 Å². The monoisotopic (exact) mass is 352 g/mol. The third kappa shape index (κ3) is 3.48. The molecule has 1 aliphatic heterocycles. The highest BCUT2D eigenvalue weighted by Crippen LogP contribution is 2.21. The molecule has 0 spiro atoms. The number of carbonyl (C=O) groups excluding carboxylic acids is 2. The molecule has 0 unspecified atom stereocenters. The van der Waals surface area contributed by atoms with E-state index in [1.165, 1.54) is 31.4 Å². The van der Waals surface area contributed by atoms with Gasteiger partial charge in [-0.25, -0.2) is 14.6 Å². The molecule has 26 heavy (non-hydrogen) atoms. The van der Waals surface area contributed by atoms with E-state index in [2.05, 4.69) is 9.73 Å². The van der Waals surface area contributed by atoms with Gasteiger partial charge in [0.2, 0.25) is 5.90 Å². The first-order valence-electron chi connectivity index (χ1n) is 7.43. The minimum atomic E-state index is -0.663. The molecule has 8 nitrogen and oxygen atoms in total. The summed E-state index contributed by atoms with van der Waals surface area (Å²) in [5.41, 5.74) is 1.27. The fourth-order valence-corrected chi connectivity index (χ4v) is 2.28. The minimum Gasteiger partial charge on any atom is -0.465 e. The van der Waals surface area contributed by atoms with Crippen LogP contribution in [-0.2, 0) is 14.3 Å². The van der Waals surface area contributed by atoms with Crippen LogP contribution >= 0.6 is 0 Å². The Labute approximate surface area is 147 Å². The Morgan fingerprint density at radius 1 is 1.23 bits per heavy atom. The van der Waals surface area contributed by atoms with Crippen molar-refractivity contribution in [1.82, 2.24) is 0 Å². The number of rotatable bonds is 4. The summed E-state index contributed by atoms with van der Waals surface area (Å²) in [4.78, 5) is 37.8. The van der Waals surface area contributed by atoms with E-state index in [-0.39, 0.29) is 17.3 Å². The predicted octanol–water partition coefficient (Wildman–Crippen LogP) is 2.73. The maximum absolute atomic E-state index is 12.0. The van der Waals surface area contributed by atoms with Gasteiger partial charge >= 0.3 is 11.9 Å². The summed E-state index contributed by atoms with van der Waals surface area (Å²) in [6, 6.07) is 12.0. The summed E-state index contributed by atoms with van der Waals surface area (Å²) >= 11 is 0. The lowest BCUT2D eigenvalue weighted by atomic mass is 10.1. The minimum absolute atomic E-state index is 0.00358. The predicted molar refractivity (Wildman–Crippen MR) is 91.5 cm³/mol. The zero-order valence-corrected chi connectivity index (χ0v) is 13.5. The van der Waals surface area contributed by atoms with Crippen molar-refractivity contribution in [3.8, 4) is 0 Å². The van der Waals surface area contributed by atoms with E-state index >= 15 is 0 Å². The number of carbonyl (C=O) groups is 2. The largest absolute Gasteiger partial charge is 0.465 e. The summed E-state index contributed by atoms with van der Waals surface area (Å²) < 4.78 is 9.71. The number of hydrogen-bond donors (Lipinski definition) is 0. The second-order valence-electron chi connectivity index (χ2n) is 5.26. The van der Waals surface area contributed by atoms with Crippen LogP contribution in [0.25, 0.3) is 6.08 Å². The Balaban J connectivity index is 1.88. The van der Waals surface area contributed by atoms with Crippen molar-refractivity contribution in [3.63, 3.8) is 0 Å². The molecule has 3 rings (SSSR count). The summed E-state index contributed by atoms with van der Waals surface area (Å²) in [5, 5.41) is 10.8. The summed E-state index contributed by atoms with van der Waals surface area (Å²) in [7, 11) is 1.29. The molecular formula is C18H12N2O6. The Bertz CT molecular complexity index is 960. The first-order chi connectivity index (χ1) is 12.5. The molecule has 0 bridgehead atoms. The number of benzene rings is 2. The van der Waals surface area contributed by atoms with Crippen LogP contribution in [0.1, 0.15) is 21.5 Å². The van der Waals surface area contributed by atoms with Gasteiger partial charge in [0.15, 0.2) is 5.70 Å². The number of hydrogen-bond acceptors (Lipinski definition) is 7. The maximum atomic E-state index is 12.0. The molecule has 0 aromatic heterocycles. The lowest BCUT2D eigenvalue weighted by molar-refractivity contribution is -0.384. The number of methoxy groups -OCH3 is 1. The van der Waals surface area contributed by atoms with E-state index < -0.39 is 16.9 Å². The maximum Gasteiger partial charge on any atom is 0.363 e. The molecule has 8 heteroatoms. The normalized spacial score (nSPS) is 14.7. The van der Waals surface area contributed by atoms with Crippen LogP contribution in [0.15, 0.2) is 59.2 Å². The van der Waals surface area contributed by atoms with Crippen LogP contribution in [0.2, 0.25) is 0 Å². The van der Waals surface area contributed by atoms with Crippen molar-refractivity contribution in [2.75, 3.05) is 7.11 Å². The van der Waals surface area contributed by atoms with Gasteiger partial charge in [-0.2, -0.15) is 0 Å². The number of nitro groups is 1. The smallest absolute Gasteiger partial charge is 0.363 e. The number of cyclic esters (lactones) is 1. The van der Waals surface area contributed by atoms with Crippen molar-refractivity contribution in [2.45, 2.75) is 0 Å². The molecule has 0 fully saturated rings. The average Bonchev–Trinajstić information content (AvgIpc) is 3.02. The SMILES string of the molecule is COC(=O)c1ccc(/C=C2/N=C(c3cccc([N+](=O)[O-])c3)OC2=O)cc1. The van der Waals surface area contributed by atoms with Crippen molar-refractivity contribution < 1.29 is 24.0 Å². The van der Waals surface area contributed by atoms with Crippen LogP contribution in [0.4, 0.5) is 5.69 Å². The van der Waals surface area contributed by atoms with E-state index in [9.17, 15) is 19.7 Å². The van der Waals surface area contributed by atoms with Gasteiger partial charge < -0.3 is 9.47 Å². The summed E-state index contributed by atoms with van der Waals surface area (Å²) in [6.45, 7) is 0. The van der Waals surface area contributed by atoms with E-state index in [0.717, 1.165) is 0 Å². The fraction of sp³-hybridized carbons (Fsp3) is 0.0556. The molecule has 0 saturated carbocycles. The van der Waals surface area contributed by atoms with Gasteiger partial charge in [0.1, 0.15) is 0 Å². The van der Waals surface area contributed by atoms with Crippen LogP contribution < -0.4 is 0 Å². The van der Waals surface area contributed by atoms with Gasteiger partial charge in [0, 0.05) is 17.7 Å². The highest BCUT2D eigenvalue weighted by molar-refractivity contribution is 6.13. The molecule has 1 aliphatic rings. The molecule has 0 amide bonds. The molecule has 0 aliphatic carbocycles. The number of aliphatic imine (C=N–C) groups is 1. The number of ether oxygens (including phenoxy) is 2. The van der Waals surface area contributed by atoms with Crippen molar-refractivity contribution >= 4 is 29.6 Å². The third-order valence-electron chi connectivity index (χ3n) is 3.56. The lowest BCUT2D eigenvalue weighted by Crippen LogP contribution is -2.05. The van der Waals surface area contributed by atoms with E-state index in [0.29, 0.717) is 16.7 Å². The Morgan fingerprint density at radius 2 is 1.96 bits per heavy atom. The van der Waals surface area contributed by atoms with Gasteiger partial charge in [-0.3, -0.25) is 10.1 Å². The standard InChI is InChI=1S/C18H12N2O6/c1-25-17(21)12-7-5-11(6-8-12)9-15-18(22)26-16(19-15)13-3-2-4-14(10-13)20(23)24/h2-10H,1H3/b15-9+. The van der Waals surface area contributed by atoms with Gasteiger partial charge in [-0.1, -0.05) is 18.2 Å². The number of nitro benzene ring substituents is 1. The molecule has 1 heterocycles. The Hall–Kier alpha value is -3.81. The number of nitrogens with zero attached hydrogens (tertiary/aromatic N) is 2. The second kappa shape index (κ2) is 6.98. The second-order valence-corrected chi connectivity index (χ2v) is 5.26. The van der Waals surface area contributed by atoms with Crippen LogP contribution in [0.5, 0.6) is 0 Å². The van der Waals surface area contributed by atoms with Crippen molar-refractivity contribution in [1.29, 1.82) is 0 Å². The molecule has 130 valence electrons. The molecular weight excluding hydrogens is 340 g/mol. The quantitative estimate of drug-likeness (QED) is 0.362. The van der Waals surface area contributed by atoms with Gasteiger partial charge in [-0.05, 0) is 29.8 Å². The number of non-ortho nitro benzene ring substituents is 1. The molecule has 2 aromatic rings.